The molecule has 3 heterocycles. The molecule has 0 N–H and O–H groups in total. The summed E-state index contributed by atoms with van der Waals surface area (Å²) >= 11 is 0. The number of ether oxygens (including phenoxy) is 2. The van der Waals surface area contributed by atoms with Gasteiger partial charge in [0.2, 0.25) is 0 Å². The Balaban J connectivity index is 1.93. The number of hydrogen-bond acceptors (Lipinski definition) is 4. The van der Waals surface area contributed by atoms with E-state index in [1.165, 1.54) is 0 Å². The number of piperidine rings is 3. The average molecular weight is 273 g/mol. The molecule has 4 heteroatoms. The number of allylic oxidation sites excluding steroid dienone is 1. The van der Waals surface area contributed by atoms with Crippen LogP contribution in [-0.4, -0.2) is 38.0 Å². The van der Waals surface area contributed by atoms with Crippen molar-refractivity contribution in [2.75, 3.05) is 27.3 Å². The van der Waals surface area contributed by atoms with Crippen molar-refractivity contribution in [1.82, 2.24) is 4.90 Å². The van der Waals surface area contributed by atoms with Crippen LogP contribution in [0.4, 0.5) is 0 Å². The van der Waals surface area contributed by atoms with Gasteiger partial charge in [-0.2, -0.15) is 0 Å². The second kappa shape index (κ2) is 5.19. The van der Waals surface area contributed by atoms with E-state index in [0.29, 0.717) is 11.5 Å². The van der Waals surface area contributed by atoms with Crippen molar-refractivity contribution in [2.24, 2.45) is 5.92 Å². The van der Waals surface area contributed by atoms with Crippen LogP contribution in [0.3, 0.4) is 0 Å². The summed E-state index contributed by atoms with van der Waals surface area (Å²) in [7, 11) is 3.23. The highest BCUT2D eigenvalue weighted by atomic mass is 16.5. The van der Waals surface area contributed by atoms with Gasteiger partial charge in [-0.3, -0.25) is 4.79 Å². The lowest BCUT2D eigenvalue weighted by molar-refractivity contribution is -0.125. The molecule has 0 spiro atoms. The van der Waals surface area contributed by atoms with Crippen molar-refractivity contribution < 1.29 is 14.3 Å². The average Bonchev–Trinajstić information content (AvgIpc) is 2.51. The van der Waals surface area contributed by atoms with E-state index >= 15 is 0 Å². The Morgan fingerprint density at radius 1 is 1.15 bits per heavy atom. The molecule has 4 rings (SSSR count). The van der Waals surface area contributed by atoms with E-state index in [1.807, 2.05) is 24.3 Å². The maximum atomic E-state index is 12.3. The topological polar surface area (TPSA) is 38.8 Å². The molecule has 4 nitrogen and oxygen atoms in total. The summed E-state index contributed by atoms with van der Waals surface area (Å²) in [5.41, 5.74) is 1.82. The molecule has 3 aliphatic heterocycles. The minimum Gasteiger partial charge on any atom is -0.493 e. The number of nitrogens with zero attached hydrogens (tertiary/aromatic N) is 1. The van der Waals surface area contributed by atoms with Crippen LogP contribution in [0.5, 0.6) is 11.5 Å². The Morgan fingerprint density at radius 2 is 1.85 bits per heavy atom. The molecule has 106 valence electrons. The predicted octanol–water partition coefficient (Wildman–Crippen LogP) is 2.34. The van der Waals surface area contributed by atoms with E-state index in [-0.39, 0.29) is 11.7 Å². The Bertz CT molecular complexity index is 557. The van der Waals surface area contributed by atoms with E-state index < -0.39 is 0 Å². The summed E-state index contributed by atoms with van der Waals surface area (Å²) in [5.74, 6) is 1.90. The Kier molecular flexibility index (Phi) is 3.38. The van der Waals surface area contributed by atoms with Crippen LogP contribution in [0.25, 0.3) is 6.08 Å². The lowest BCUT2D eigenvalue weighted by atomic mass is 9.84. The number of hydrogen-bond donors (Lipinski definition) is 0. The summed E-state index contributed by atoms with van der Waals surface area (Å²) in [6.45, 7) is 1.99. The third-order valence-corrected chi connectivity index (χ3v) is 4.17. The van der Waals surface area contributed by atoms with Gasteiger partial charge in [-0.1, -0.05) is 6.07 Å². The lowest BCUT2D eigenvalue weighted by Crippen LogP contribution is -2.45. The number of carbonyl (C=O) groups excluding carboxylic acids is 1. The van der Waals surface area contributed by atoms with E-state index in [4.69, 9.17) is 9.47 Å². The van der Waals surface area contributed by atoms with E-state index in [1.54, 1.807) is 14.2 Å². The first kappa shape index (κ1) is 13.0. The van der Waals surface area contributed by atoms with Crippen LogP contribution < -0.4 is 9.47 Å². The molecule has 0 atom stereocenters. The van der Waals surface area contributed by atoms with Crippen LogP contribution in [0, 0.1) is 5.92 Å². The van der Waals surface area contributed by atoms with Crippen molar-refractivity contribution in [3.63, 3.8) is 0 Å². The Morgan fingerprint density at radius 3 is 2.45 bits per heavy atom. The van der Waals surface area contributed by atoms with Crippen LogP contribution >= 0.6 is 0 Å². The zero-order chi connectivity index (χ0) is 14.1. The van der Waals surface area contributed by atoms with Crippen LogP contribution in [0.2, 0.25) is 0 Å². The minimum absolute atomic E-state index is 0.228. The van der Waals surface area contributed by atoms with Crippen molar-refractivity contribution in [3.8, 4) is 11.5 Å². The van der Waals surface area contributed by atoms with Crippen molar-refractivity contribution in [1.29, 1.82) is 0 Å². The van der Waals surface area contributed by atoms with Gasteiger partial charge in [-0.05, 0) is 36.6 Å². The standard InChI is InChI=1S/C16H19NO3/c1-19-14-4-3-11(10-15(14)20-2)9-13-16(18)12-5-7-17(13)8-6-12/h3-4,9-10,12H,5-8H2,1-2H3. The number of benzene rings is 1. The van der Waals surface area contributed by atoms with Gasteiger partial charge < -0.3 is 14.4 Å². The van der Waals surface area contributed by atoms with Crippen molar-refractivity contribution in [3.05, 3.63) is 29.5 Å². The van der Waals surface area contributed by atoms with Gasteiger partial charge in [0.15, 0.2) is 17.3 Å². The number of fused-ring (bicyclic) bond motifs is 3. The zero-order valence-electron chi connectivity index (χ0n) is 11.9. The number of Topliss-reactive ketones (excluding diaryl/α,β-unsaturated/α-hetero) is 1. The number of rotatable bonds is 3. The van der Waals surface area contributed by atoms with E-state index in [0.717, 1.165) is 37.2 Å². The van der Waals surface area contributed by atoms with E-state index in [2.05, 4.69) is 4.90 Å². The van der Waals surface area contributed by atoms with Crippen molar-refractivity contribution in [2.45, 2.75) is 12.8 Å². The quantitative estimate of drug-likeness (QED) is 0.792. The van der Waals surface area contributed by atoms with Gasteiger partial charge in [0, 0.05) is 19.0 Å². The maximum Gasteiger partial charge on any atom is 0.182 e. The van der Waals surface area contributed by atoms with Gasteiger partial charge in [0.1, 0.15) is 0 Å². The Labute approximate surface area is 119 Å². The van der Waals surface area contributed by atoms with Gasteiger partial charge in [0.05, 0.1) is 19.9 Å². The first-order valence-corrected chi connectivity index (χ1v) is 6.96. The maximum absolute atomic E-state index is 12.3. The first-order chi connectivity index (χ1) is 9.72. The monoisotopic (exact) mass is 273 g/mol. The molecule has 1 aromatic carbocycles. The van der Waals surface area contributed by atoms with Gasteiger partial charge in [0.25, 0.3) is 0 Å². The number of methoxy groups -OCH3 is 2. The molecule has 0 radical (unpaired) electrons. The molecule has 20 heavy (non-hydrogen) atoms. The molecule has 0 amide bonds. The largest absolute Gasteiger partial charge is 0.493 e. The summed E-state index contributed by atoms with van der Waals surface area (Å²) in [6.07, 6.45) is 3.97. The van der Waals surface area contributed by atoms with E-state index in [9.17, 15) is 4.79 Å². The van der Waals surface area contributed by atoms with Gasteiger partial charge >= 0.3 is 0 Å². The second-order valence-corrected chi connectivity index (χ2v) is 5.27. The molecule has 1 aromatic rings. The van der Waals surface area contributed by atoms with Crippen molar-refractivity contribution >= 4 is 11.9 Å². The fraction of sp³-hybridized carbons (Fsp3) is 0.438. The van der Waals surface area contributed by atoms with Gasteiger partial charge in [-0.25, -0.2) is 0 Å². The molecule has 0 aromatic heterocycles. The van der Waals surface area contributed by atoms with Crippen LogP contribution in [-0.2, 0) is 4.79 Å². The highest BCUT2D eigenvalue weighted by Gasteiger charge is 2.36. The predicted molar refractivity (Wildman–Crippen MR) is 76.8 cm³/mol. The zero-order valence-corrected chi connectivity index (χ0v) is 11.9. The fourth-order valence-corrected chi connectivity index (χ4v) is 3.01. The SMILES string of the molecule is COc1ccc(C=C2C(=O)C3CCN2CC3)cc1OC. The second-order valence-electron chi connectivity index (χ2n) is 5.27. The number of carbonyl (C=O) groups is 1. The highest BCUT2D eigenvalue weighted by Crippen LogP contribution is 2.34. The minimum atomic E-state index is 0.228. The van der Waals surface area contributed by atoms with Gasteiger partial charge in [-0.15, -0.1) is 0 Å². The molecule has 0 saturated carbocycles. The normalized spacial score (nSPS) is 20.6. The molecule has 3 aliphatic rings. The Hall–Kier alpha value is -1.97. The molecule has 3 fully saturated rings. The first-order valence-electron chi connectivity index (χ1n) is 6.96. The third-order valence-electron chi connectivity index (χ3n) is 4.17. The molecule has 0 unspecified atom stereocenters. The molecule has 3 saturated heterocycles. The van der Waals surface area contributed by atoms with Crippen LogP contribution in [0.15, 0.2) is 23.9 Å². The molecular weight excluding hydrogens is 254 g/mol. The third kappa shape index (κ3) is 2.15. The lowest BCUT2D eigenvalue weighted by Gasteiger charge is -2.41. The van der Waals surface area contributed by atoms with Crippen LogP contribution in [0.1, 0.15) is 18.4 Å². The molecular formula is C16H19NO3. The summed E-state index contributed by atoms with van der Waals surface area (Å²) < 4.78 is 10.5. The highest BCUT2D eigenvalue weighted by molar-refractivity contribution is 6.01. The fourth-order valence-electron chi connectivity index (χ4n) is 3.01. The number of ketones is 1. The molecule has 2 bridgehead atoms. The molecule has 0 aliphatic carbocycles. The summed E-state index contributed by atoms with van der Waals surface area (Å²) in [4.78, 5) is 14.5. The smallest absolute Gasteiger partial charge is 0.182 e. The summed E-state index contributed by atoms with van der Waals surface area (Å²) in [5, 5.41) is 0. The summed E-state index contributed by atoms with van der Waals surface area (Å²) in [6, 6.07) is 5.72.